The third-order valence-electron chi connectivity index (χ3n) is 3.81. The predicted octanol–water partition coefficient (Wildman–Crippen LogP) is 3.22. The van der Waals surface area contributed by atoms with Crippen LogP contribution in [0, 0.1) is 5.41 Å². The molecule has 0 unspecified atom stereocenters. The summed E-state index contributed by atoms with van der Waals surface area (Å²) in [6, 6.07) is 10.5. The first-order chi connectivity index (χ1) is 13.2. The number of halogens is 1. The molecule has 0 fully saturated rings. The van der Waals surface area contributed by atoms with Crippen molar-refractivity contribution >= 4 is 60.6 Å². The Balaban J connectivity index is 1.68. The second kappa shape index (κ2) is 6.73. The molecule has 28 heavy (non-hydrogen) atoms. The number of nitrogens with one attached hydrogen (secondary N) is 1. The number of aliphatic imine (C=N–C) groups is 1. The van der Waals surface area contributed by atoms with E-state index in [4.69, 9.17) is 21.4 Å². The molecule has 0 bridgehead atoms. The molecule has 8 nitrogen and oxygen atoms in total. The van der Waals surface area contributed by atoms with Crippen LogP contribution in [0.4, 0.5) is 0 Å². The van der Waals surface area contributed by atoms with Crippen molar-refractivity contribution in [3.05, 3.63) is 52.8 Å². The van der Waals surface area contributed by atoms with Crippen molar-refractivity contribution in [2.45, 2.75) is 0 Å². The highest BCUT2D eigenvalue weighted by Gasteiger charge is 2.38. The number of rotatable bonds is 2. The molecular formula is C17H11ClN4O4S2. The number of carbonyl (C=O) groups is 1. The van der Waals surface area contributed by atoms with Gasteiger partial charge in [0.1, 0.15) is 11.5 Å². The molecule has 0 radical (unpaired) electrons. The zero-order chi connectivity index (χ0) is 20.1. The summed E-state index contributed by atoms with van der Waals surface area (Å²) in [5, 5.41) is 13.7. The first-order valence-corrected chi connectivity index (χ1v) is 10.9. The summed E-state index contributed by atoms with van der Waals surface area (Å²) in [5.41, 5.74) is 0.625. The predicted molar refractivity (Wildman–Crippen MR) is 109 cm³/mol. The minimum Gasteiger partial charge on any atom is -0.457 e. The van der Waals surface area contributed by atoms with E-state index in [0.29, 0.717) is 22.1 Å². The van der Waals surface area contributed by atoms with Gasteiger partial charge in [0.2, 0.25) is 19.4 Å². The normalized spacial score (nSPS) is 18.4. The number of amidine groups is 2. The maximum atomic E-state index is 12.3. The third-order valence-corrected chi connectivity index (χ3v) is 6.71. The van der Waals surface area contributed by atoms with Gasteiger partial charge in [0, 0.05) is 11.8 Å². The SMILES string of the molecule is CS(=O)(=O)C1=NN2C(=N)/C(=C\c3ccc(-c4ccccc4Cl)o3)C(=O)N=C2S1. The number of hydrazone groups is 1. The average Bonchev–Trinajstić information content (AvgIpc) is 3.26. The van der Waals surface area contributed by atoms with Gasteiger partial charge in [0.15, 0.2) is 5.84 Å². The fraction of sp³-hybridized carbons (Fsp3) is 0.0588. The lowest BCUT2D eigenvalue weighted by atomic mass is 10.1. The Morgan fingerprint density at radius 3 is 2.71 bits per heavy atom. The van der Waals surface area contributed by atoms with Crippen LogP contribution in [0.2, 0.25) is 5.02 Å². The van der Waals surface area contributed by atoms with Crippen LogP contribution in [0.1, 0.15) is 5.76 Å². The lowest BCUT2D eigenvalue weighted by molar-refractivity contribution is -0.114. The largest absolute Gasteiger partial charge is 0.457 e. The Labute approximate surface area is 169 Å². The number of hydrogen-bond donors (Lipinski definition) is 1. The Morgan fingerprint density at radius 2 is 2.00 bits per heavy atom. The standard InChI is InChI=1S/C17H11ClN4O4S2/c1-28(24,25)17-21-22-14(19)11(15(23)20-16(22)27-17)8-9-6-7-13(26-9)10-4-2-3-5-12(10)18/h2-8,19H,1H3/b11-8+,19-14?. The van der Waals surface area contributed by atoms with Gasteiger partial charge in [0.25, 0.3) is 5.91 Å². The summed E-state index contributed by atoms with van der Waals surface area (Å²) in [7, 11) is -3.58. The van der Waals surface area contributed by atoms with Crippen LogP contribution >= 0.6 is 23.4 Å². The average molecular weight is 435 g/mol. The molecule has 1 N–H and O–H groups in total. The van der Waals surface area contributed by atoms with Crippen molar-refractivity contribution in [3.63, 3.8) is 0 Å². The first kappa shape index (κ1) is 18.7. The van der Waals surface area contributed by atoms with Crippen LogP contribution in [0.3, 0.4) is 0 Å². The summed E-state index contributed by atoms with van der Waals surface area (Å²) in [6.07, 6.45) is 2.36. The number of furan rings is 1. The van der Waals surface area contributed by atoms with Gasteiger partial charge in [-0.15, -0.1) is 5.10 Å². The number of thioether (sulfide) groups is 1. The van der Waals surface area contributed by atoms with Gasteiger partial charge in [-0.3, -0.25) is 10.2 Å². The van der Waals surface area contributed by atoms with Gasteiger partial charge in [-0.25, -0.2) is 8.42 Å². The number of benzene rings is 1. The van der Waals surface area contributed by atoms with Gasteiger partial charge in [-0.2, -0.15) is 10.0 Å². The van der Waals surface area contributed by atoms with Crippen LogP contribution in [-0.2, 0) is 14.6 Å². The third kappa shape index (κ3) is 3.30. The van der Waals surface area contributed by atoms with Crippen molar-refractivity contribution < 1.29 is 17.6 Å². The van der Waals surface area contributed by atoms with Crippen LogP contribution in [-0.4, -0.2) is 41.0 Å². The summed E-state index contributed by atoms with van der Waals surface area (Å²) < 4.78 is 28.9. The smallest absolute Gasteiger partial charge is 0.283 e. The second-order valence-corrected chi connectivity index (χ2v) is 9.39. The van der Waals surface area contributed by atoms with E-state index in [2.05, 4.69) is 10.1 Å². The number of nitrogens with zero attached hydrogens (tertiary/aromatic N) is 3. The van der Waals surface area contributed by atoms with Gasteiger partial charge in [-0.05, 0) is 42.1 Å². The molecular weight excluding hydrogens is 424 g/mol. The maximum absolute atomic E-state index is 12.3. The molecule has 1 amide bonds. The summed E-state index contributed by atoms with van der Waals surface area (Å²) >= 11 is 6.89. The summed E-state index contributed by atoms with van der Waals surface area (Å²) in [5.74, 6) is -0.132. The fourth-order valence-corrected chi connectivity index (χ4v) is 4.42. The van der Waals surface area contributed by atoms with E-state index in [-0.39, 0.29) is 21.0 Å². The van der Waals surface area contributed by atoms with Crippen molar-refractivity contribution in [1.29, 1.82) is 5.41 Å². The highest BCUT2D eigenvalue weighted by Crippen LogP contribution is 2.32. The molecule has 4 rings (SSSR count). The Bertz CT molecular complexity index is 1230. The Hall–Kier alpha value is -2.69. The van der Waals surface area contributed by atoms with Gasteiger partial charge >= 0.3 is 0 Å². The van der Waals surface area contributed by atoms with Crippen molar-refractivity contribution in [2.24, 2.45) is 10.1 Å². The van der Waals surface area contributed by atoms with Crippen LogP contribution < -0.4 is 0 Å². The van der Waals surface area contributed by atoms with Crippen LogP contribution in [0.25, 0.3) is 17.4 Å². The molecule has 0 saturated carbocycles. The van der Waals surface area contributed by atoms with E-state index in [1.165, 1.54) is 6.08 Å². The molecule has 2 aromatic rings. The van der Waals surface area contributed by atoms with E-state index in [0.717, 1.165) is 23.0 Å². The summed E-state index contributed by atoms with van der Waals surface area (Å²) in [4.78, 5) is 16.2. The number of amides is 1. The molecule has 3 heterocycles. The first-order valence-electron chi connectivity index (χ1n) is 7.79. The highest BCUT2D eigenvalue weighted by molar-refractivity contribution is 8.42. The second-order valence-electron chi connectivity index (χ2n) is 5.84. The number of carbonyl (C=O) groups excluding carboxylic acids is 1. The van der Waals surface area contributed by atoms with Crippen LogP contribution in [0.15, 0.2) is 56.5 Å². The van der Waals surface area contributed by atoms with Crippen LogP contribution in [0.5, 0.6) is 0 Å². The van der Waals surface area contributed by atoms with E-state index in [1.807, 2.05) is 6.07 Å². The topological polar surface area (TPSA) is 116 Å². The molecule has 0 spiro atoms. The zero-order valence-electron chi connectivity index (χ0n) is 14.2. The molecule has 2 aliphatic heterocycles. The zero-order valence-corrected chi connectivity index (χ0v) is 16.6. The van der Waals surface area contributed by atoms with E-state index < -0.39 is 15.7 Å². The van der Waals surface area contributed by atoms with Gasteiger partial charge < -0.3 is 4.42 Å². The minimum atomic E-state index is -3.58. The van der Waals surface area contributed by atoms with E-state index >= 15 is 0 Å². The maximum Gasteiger partial charge on any atom is 0.283 e. The molecule has 0 saturated heterocycles. The molecule has 11 heteroatoms. The van der Waals surface area contributed by atoms with E-state index in [9.17, 15) is 13.2 Å². The molecule has 0 atom stereocenters. The van der Waals surface area contributed by atoms with Gasteiger partial charge in [-0.1, -0.05) is 23.7 Å². The number of fused-ring (bicyclic) bond motifs is 1. The lowest BCUT2D eigenvalue weighted by Crippen LogP contribution is -2.35. The molecule has 2 aliphatic rings. The van der Waals surface area contributed by atoms with Crippen molar-refractivity contribution in [2.75, 3.05) is 6.26 Å². The Morgan fingerprint density at radius 1 is 1.25 bits per heavy atom. The molecule has 1 aromatic heterocycles. The minimum absolute atomic E-state index is 0.0313. The van der Waals surface area contributed by atoms with Crippen molar-refractivity contribution in [1.82, 2.24) is 5.01 Å². The number of hydrogen-bond acceptors (Lipinski definition) is 7. The Kier molecular flexibility index (Phi) is 4.48. The monoisotopic (exact) mass is 434 g/mol. The van der Waals surface area contributed by atoms with Gasteiger partial charge in [0.05, 0.1) is 10.6 Å². The van der Waals surface area contributed by atoms with Crippen molar-refractivity contribution in [3.8, 4) is 11.3 Å². The lowest BCUT2D eigenvalue weighted by Gasteiger charge is -2.19. The molecule has 0 aliphatic carbocycles. The fourth-order valence-electron chi connectivity index (χ4n) is 2.50. The molecule has 142 valence electrons. The quantitative estimate of drug-likeness (QED) is 0.725. The highest BCUT2D eigenvalue weighted by atomic mass is 35.5. The summed E-state index contributed by atoms with van der Waals surface area (Å²) in [6.45, 7) is 0. The van der Waals surface area contributed by atoms with E-state index in [1.54, 1.807) is 30.3 Å². The number of sulfone groups is 1. The molecule has 1 aromatic carbocycles.